The number of aliphatic hydroxyl groups is 1. The monoisotopic (exact) mass is 461 g/mol. The number of rotatable bonds is 3. The molecule has 2 aliphatic heterocycles. The highest BCUT2D eigenvalue weighted by Gasteiger charge is 2.53. The van der Waals surface area contributed by atoms with Crippen LogP contribution in [0.4, 0.5) is 5.69 Å². The zero-order valence-corrected chi connectivity index (χ0v) is 18.6. The summed E-state index contributed by atoms with van der Waals surface area (Å²) in [6.45, 7) is 1.61. The summed E-state index contributed by atoms with van der Waals surface area (Å²) < 4.78 is 3.43. The van der Waals surface area contributed by atoms with Crippen molar-refractivity contribution in [1.29, 1.82) is 0 Å². The summed E-state index contributed by atoms with van der Waals surface area (Å²) in [6.07, 6.45) is 4.60. The first-order valence-corrected chi connectivity index (χ1v) is 11.5. The van der Waals surface area contributed by atoms with Gasteiger partial charge in [-0.15, -0.1) is 0 Å². The molecule has 3 aromatic rings. The van der Waals surface area contributed by atoms with Crippen LogP contribution in [0.2, 0.25) is 0 Å². The van der Waals surface area contributed by atoms with Crippen LogP contribution in [0.25, 0.3) is 11.1 Å². The van der Waals surface area contributed by atoms with Gasteiger partial charge in [-0.2, -0.15) is 4.90 Å². The van der Waals surface area contributed by atoms with Crippen molar-refractivity contribution in [1.82, 2.24) is 0 Å². The summed E-state index contributed by atoms with van der Waals surface area (Å²) in [5, 5.41) is 12.1. The fourth-order valence-electron chi connectivity index (χ4n) is 4.76. The topological polar surface area (TPSA) is 26.5 Å². The summed E-state index contributed by atoms with van der Waals surface area (Å²) in [5.41, 5.74) is 3.25. The lowest BCUT2D eigenvalue weighted by Crippen LogP contribution is -2.47. The van der Waals surface area contributed by atoms with Crippen LogP contribution in [0.5, 0.6) is 0 Å². The molecule has 3 aromatic carbocycles. The maximum Gasteiger partial charge on any atom is 0.275 e. The van der Waals surface area contributed by atoms with Crippen molar-refractivity contribution >= 4 is 27.5 Å². The molecule has 5 rings (SSSR count). The second-order valence-electron chi connectivity index (χ2n) is 8.22. The summed E-state index contributed by atoms with van der Waals surface area (Å²) >= 11 is 3.54. The molecule has 0 amide bonds. The van der Waals surface area contributed by atoms with Crippen molar-refractivity contribution in [3.63, 3.8) is 0 Å². The molecule has 0 fully saturated rings. The third-order valence-corrected chi connectivity index (χ3v) is 6.80. The molecule has 0 saturated carbocycles. The van der Waals surface area contributed by atoms with Gasteiger partial charge in [0.2, 0.25) is 0 Å². The zero-order valence-electron chi connectivity index (χ0n) is 17.0. The number of hydrogen-bond donors (Lipinski definition) is 1. The Bertz CT molecular complexity index is 1060. The molecule has 152 valence electrons. The number of amidine groups is 1. The van der Waals surface area contributed by atoms with Gasteiger partial charge in [0, 0.05) is 16.5 Å². The van der Waals surface area contributed by atoms with Crippen molar-refractivity contribution in [3.05, 3.63) is 88.9 Å². The Labute approximate surface area is 186 Å². The minimum atomic E-state index is -1.07. The summed E-state index contributed by atoms with van der Waals surface area (Å²) in [5.74, 6) is 1.24. The van der Waals surface area contributed by atoms with Gasteiger partial charge in [0.05, 0.1) is 6.54 Å². The highest BCUT2D eigenvalue weighted by Crippen LogP contribution is 2.38. The van der Waals surface area contributed by atoms with Crippen LogP contribution >= 0.6 is 15.9 Å². The fourth-order valence-corrected chi connectivity index (χ4v) is 5.02. The van der Waals surface area contributed by atoms with Gasteiger partial charge in [-0.05, 0) is 54.7 Å². The largest absolute Gasteiger partial charge is 0.346 e. The van der Waals surface area contributed by atoms with Crippen molar-refractivity contribution in [2.24, 2.45) is 0 Å². The van der Waals surface area contributed by atoms with Crippen LogP contribution in [0.15, 0.2) is 83.3 Å². The first kappa shape index (κ1) is 19.5. The van der Waals surface area contributed by atoms with E-state index in [1.54, 1.807) is 0 Å². The third-order valence-electron chi connectivity index (χ3n) is 6.27. The van der Waals surface area contributed by atoms with E-state index in [0.717, 1.165) is 28.7 Å². The molecule has 0 saturated heterocycles. The minimum absolute atomic E-state index is 0.600. The number of hydrogen-bond acceptors (Lipinski definition) is 2. The smallest absolute Gasteiger partial charge is 0.275 e. The second-order valence-corrected chi connectivity index (χ2v) is 9.14. The van der Waals surface area contributed by atoms with Crippen molar-refractivity contribution < 1.29 is 9.68 Å². The first-order chi connectivity index (χ1) is 14.6. The van der Waals surface area contributed by atoms with E-state index in [1.165, 1.54) is 36.2 Å². The van der Waals surface area contributed by atoms with E-state index < -0.39 is 5.72 Å². The van der Waals surface area contributed by atoms with Gasteiger partial charge in [0.15, 0.2) is 6.54 Å². The number of benzene rings is 3. The zero-order chi connectivity index (χ0) is 20.6. The first-order valence-electron chi connectivity index (χ1n) is 10.7. The van der Waals surface area contributed by atoms with E-state index in [0.29, 0.717) is 6.54 Å². The molecule has 4 heteroatoms. The van der Waals surface area contributed by atoms with Gasteiger partial charge >= 0.3 is 0 Å². The maximum atomic E-state index is 12.1. The molecule has 1 N–H and O–H groups in total. The van der Waals surface area contributed by atoms with E-state index in [1.807, 2.05) is 18.2 Å². The normalized spacial score (nSPS) is 21.5. The third kappa shape index (κ3) is 3.48. The van der Waals surface area contributed by atoms with Crippen LogP contribution in [0, 0.1) is 0 Å². The number of nitrogens with zero attached hydrogens (tertiary/aromatic N) is 2. The highest BCUT2D eigenvalue weighted by molar-refractivity contribution is 9.10. The van der Waals surface area contributed by atoms with E-state index in [-0.39, 0.29) is 0 Å². The van der Waals surface area contributed by atoms with Crippen LogP contribution in [-0.2, 0) is 5.72 Å². The van der Waals surface area contributed by atoms with Crippen LogP contribution in [0.3, 0.4) is 0 Å². The van der Waals surface area contributed by atoms with Gasteiger partial charge in [0.1, 0.15) is 5.69 Å². The SMILES string of the molecule is OC1(c2ccc(-c3ccccc3)cc2)C[N+]2=C(CCCCC2)N1c1ccc(Br)cc1. The number of anilines is 1. The molecule has 1 atom stereocenters. The predicted octanol–water partition coefficient (Wildman–Crippen LogP) is 5.77. The average molecular weight is 462 g/mol. The maximum absolute atomic E-state index is 12.1. The minimum Gasteiger partial charge on any atom is -0.346 e. The lowest BCUT2D eigenvalue weighted by atomic mass is 9.96. The molecule has 0 bridgehead atoms. The Morgan fingerprint density at radius 2 is 1.50 bits per heavy atom. The Morgan fingerprint density at radius 3 is 2.23 bits per heavy atom. The van der Waals surface area contributed by atoms with Gasteiger partial charge < -0.3 is 5.11 Å². The number of halogens is 1. The van der Waals surface area contributed by atoms with Crippen LogP contribution in [-0.4, -0.2) is 28.6 Å². The van der Waals surface area contributed by atoms with E-state index in [4.69, 9.17) is 0 Å². The fraction of sp³-hybridized carbons (Fsp3) is 0.269. The van der Waals surface area contributed by atoms with Gasteiger partial charge in [-0.25, -0.2) is 0 Å². The molecule has 2 aliphatic rings. The second kappa shape index (κ2) is 8.01. The molecule has 1 unspecified atom stereocenters. The Kier molecular flexibility index (Phi) is 5.21. The van der Waals surface area contributed by atoms with Crippen molar-refractivity contribution in [2.75, 3.05) is 18.0 Å². The van der Waals surface area contributed by atoms with Gasteiger partial charge in [-0.1, -0.05) is 70.5 Å². The molecule has 0 spiro atoms. The molecule has 0 aromatic heterocycles. The van der Waals surface area contributed by atoms with Gasteiger partial charge in [0.25, 0.3) is 11.6 Å². The highest BCUT2D eigenvalue weighted by atomic mass is 79.9. The molecule has 0 radical (unpaired) electrons. The van der Waals surface area contributed by atoms with E-state index in [9.17, 15) is 5.11 Å². The van der Waals surface area contributed by atoms with E-state index in [2.05, 4.69) is 86.1 Å². The summed E-state index contributed by atoms with van der Waals surface area (Å²) in [7, 11) is 0. The lowest BCUT2D eigenvalue weighted by Gasteiger charge is -2.29. The Hall–Kier alpha value is -2.43. The molecular formula is C26H26BrN2O+. The molecule has 3 nitrogen and oxygen atoms in total. The molecule has 2 heterocycles. The Morgan fingerprint density at radius 1 is 0.800 bits per heavy atom. The predicted molar refractivity (Wildman–Crippen MR) is 126 cm³/mol. The Balaban J connectivity index is 1.56. The standard InChI is InChI=1S/C26H26BrN2O/c27-23-14-16-24(17-15-23)29-25-9-5-2-6-18-28(25)19-26(29,30)22-12-10-21(11-13-22)20-7-3-1-4-8-20/h1,3-4,7-8,10-17,30H,2,5-6,9,18-19H2/q+1. The van der Waals surface area contributed by atoms with Crippen molar-refractivity contribution in [3.8, 4) is 11.1 Å². The van der Waals surface area contributed by atoms with Crippen molar-refractivity contribution in [2.45, 2.75) is 31.4 Å². The molecule has 30 heavy (non-hydrogen) atoms. The lowest BCUT2D eigenvalue weighted by molar-refractivity contribution is -0.534. The summed E-state index contributed by atoms with van der Waals surface area (Å²) in [4.78, 5) is 2.17. The molecular weight excluding hydrogens is 436 g/mol. The van der Waals surface area contributed by atoms with Gasteiger partial charge in [-0.3, -0.25) is 4.58 Å². The summed E-state index contributed by atoms with van der Waals surface area (Å²) in [6, 6.07) is 27.1. The quantitative estimate of drug-likeness (QED) is 0.501. The van der Waals surface area contributed by atoms with E-state index >= 15 is 0 Å². The van der Waals surface area contributed by atoms with Crippen LogP contribution in [0.1, 0.15) is 31.2 Å². The average Bonchev–Trinajstić information content (AvgIpc) is 2.91. The van der Waals surface area contributed by atoms with Crippen LogP contribution < -0.4 is 4.90 Å². The molecule has 0 aliphatic carbocycles.